The largest absolute Gasteiger partial charge is 0.340 e. The van der Waals surface area contributed by atoms with Crippen LogP contribution in [0.5, 0.6) is 0 Å². The van der Waals surface area contributed by atoms with Crippen LogP contribution in [0.3, 0.4) is 0 Å². The van der Waals surface area contributed by atoms with E-state index >= 15 is 0 Å². The van der Waals surface area contributed by atoms with Crippen LogP contribution >= 0.6 is 0 Å². The Morgan fingerprint density at radius 1 is 1.22 bits per heavy atom. The lowest BCUT2D eigenvalue weighted by molar-refractivity contribution is 0.0786. The molecule has 8 heteroatoms. The van der Waals surface area contributed by atoms with E-state index in [1.165, 1.54) is 0 Å². The summed E-state index contributed by atoms with van der Waals surface area (Å²) >= 11 is 0. The summed E-state index contributed by atoms with van der Waals surface area (Å²) in [5.74, 6) is -0.0465. The lowest BCUT2D eigenvalue weighted by Crippen LogP contribution is -2.30. The molecule has 144 valence electrons. The molecule has 0 unspecified atom stereocenters. The number of pyridine rings is 1. The third-order valence-corrected chi connectivity index (χ3v) is 4.61. The van der Waals surface area contributed by atoms with Crippen LogP contribution in [0.4, 0.5) is 0 Å². The molecule has 3 aromatic rings. The zero-order chi connectivity index (χ0) is 19.4. The zero-order valence-electron chi connectivity index (χ0n) is 16.3. The van der Waals surface area contributed by atoms with E-state index in [0.29, 0.717) is 18.8 Å². The number of imidazole rings is 1. The van der Waals surface area contributed by atoms with Gasteiger partial charge in [-0.15, -0.1) is 0 Å². The quantitative estimate of drug-likeness (QED) is 0.606. The van der Waals surface area contributed by atoms with Gasteiger partial charge in [0.1, 0.15) is 17.0 Å². The summed E-state index contributed by atoms with van der Waals surface area (Å²) in [6.45, 7) is 5.84. The smallest absolute Gasteiger partial charge is 0.274 e. The number of unbranched alkanes of at least 4 members (excludes halogenated alkanes) is 1. The van der Waals surface area contributed by atoms with Crippen LogP contribution in [-0.2, 0) is 13.1 Å². The molecule has 0 spiro atoms. The molecule has 27 heavy (non-hydrogen) atoms. The van der Waals surface area contributed by atoms with Crippen molar-refractivity contribution in [1.29, 1.82) is 0 Å². The van der Waals surface area contributed by atoms with Crippen molar-refractivity contribution in [3.63, 3.8) is 0 Å². The summed E-state index contributed by atoms with van der Waals surface area (Å²) in [6, 6.07) is 5.78. The molecule has 0 atom stereocenters. The summed E-state index contributed by atoms with van der Waals surface area (Å²) in [7, 11) is 3.81. The fourth-order valence-corrected chi connectivity index (χ4v) is 3.01. The third kappa shape index (κ3) is 4.16. The molecule has 0 radical (unpaired) electrons. The van der Waals surface area contributed by atoms with Crippen molar-refractivity contribution in [2.45, 2.75) is 39.8 Å². The maximum absolute atomic E-state index is 13.0. The van der Waals surface area contributed by atoms with Crippen molar-refractivity contribution in [2.75, 3.05) is 20.6 Å². The van der Waals surface area contributed by atoms with E-state index in [2.05, 4.69) is 27.1 Å². The maximum atomic E-state index is 13.0. The predicted molar refractivity (Wildman–Crippen MR) is 101 cm³/mol. The Labute approximate surface area is 158 Å². The van der Waals surface area contributed by atoms with Gasteiger partial charge >= 0.3 is 0 Å². The minimum Gasteiger partial charge on any atom is -0.340 e. The van der Waals surface area contributed by atoms with Gasteiger partial charge < -0.3 is 9.30 Å². The highest BCUT2D eigenvalue weighted by atomic mass is 16.6. The van der Waals surface area contributed by atoms with Crippen molar-refractivity contribution < 1.29 is 9.42 Å². The number of hydrogen-bond acceptors (Lipinski definition) is 6. The van der Waals surface area contributed by atoms with Gasteiger partial charge in [0.05, 0.1) is 5.69 Å². The molecule has 0 saturated heterocycles. The van der Waals surface area contributed by atoms with Crippen molar-refractivity contribution >= 4 is 11.6 Å². The summed E-state index contributed by atoms with van der Waals surface area (Å²) in [5, 5.41) is 7.76. The topological polar surface area (TPSA) is 79.8 Å². The van der Waals surface area contributed by atoms with Crippen LogP contribution < -0.4 is 0 Å². The Kier molecular flexibility index (Phi) is 5.85. The second kappa shape index (κ2) is 8.30. The number of aryl methyl sites for hydroxylation is 1. The molecular weight excluding hydrogens is 344 g/mol. The Morgan fingerprint density at radius 3 is 2.74 bits per heavy atom. The normalized spacial score (nSPS) is 11.4. The SMILES string of the molecule is CCCCN(C)C(=O)c1nc2ccccn2c1CN(C)Cc1nonc1C. The molecule has 3 aromatic heterocycles. The molecule has 8 nitrogen and oxygen atoms in total. The molecule has 0 aliphatic carbocycles. The molecule has 3 heterocycles. The number of aromatic nitrogens is 4. The molecule has 0 aliphatic rings. The molecule has 0 N–H and O–H groups in total. The van der Waals surface area contributed by atoms with Crippen LogP contribution in [0.15, 0.2) is 29.0 Å². The average molecular weight is 370 g/mol. The van der Waals surface area contributed by atoms with E-state index in [0.717, 1.165) is 42.1 Å². The molecule has 3 rings (SSSR count). The lowest BCUT2D eigenvalue weighted by Gasteiger charge is -2.19. The van der Waals surface area contributed by atoms with Crippen LogP contribution in [0.2, 0.25) is 0 Å². The Bertz CT molecular complexity index is 916. The zero-order valence-corrected chi connectivity index (χ0v) is 16.3. The minimum absolute atomic E-state index is 0.0465. The van der Waals surface area contributed by atoms with Crippen LogP contribution in [0.1, 0.15) is 47.3 Å². The minimum atomic E-state index is -0.0465. The van der Waals surface area contributed by atoms with Crippen LogP contribution in [-0.4, -0.2) is 56.0 Å². The number of carbonyl (C=O) groups is 1. The number of amides is 1. The van der Waals surface area contributed by atoms with E-state index in [9.17, 15) is 4.79 Å². The lowest BCUT2D eigenvalue weighted by atomic mass is 10.2. The highest BCUT2D eigenvalue weighted by Crippen LogP contribution is 2.18. The number of carbonyl (C=O) groups excluding carboxylic acids is 1. The van der Waals surface area contributed by atoms with Crippen molar-refractivity contribution in [1.82, 2.24) is 29.5 Å². The van der Waals surface area contributed by atoms with Gasteiger partial charge in [-0.3, -0.25) is 9.69 Å². The summed E-state index contributed by atoms with van der Waals surface area (Å²) < 4.78 is 6.76. The van der Waals surface area contributed by atoms with E-state index in [1.807, 2.05) is 49.8 Å². The Morgan fingerprint density at radius 2 is 2.04 bits per heavy atom. The Hall–Kier alpha value is -2.74. The van der Waals surface area contributed by atoms with Gasteiger partial charge in [-0.1, -0.05) is 29.7 Å². The predicted octanol–water partition coefficient (Wildman–Crippen LogP) is 2.53. The number of nitrogens with zero attached hydrogens (tertiary/aromatic N) is 6. The standard InChI is InChI=1S/C19H26N6O2/c1-5-6-10-24(4)19(26)18-16(25-11-8-7-9-17(25)20-18)13-23(3)12-15-14(2)21-27-22-15/h7-9,11H,5-6,10,12-13H2,1-4H3. The van der Waals surface area contributed by atoms with Gasteiger partial charge in [0.15, 0.2) is 5.69 Å². The first kappa shape index (κ1) is 19.0. The van der Waals surface area contributed by atoms with Gasteiger partial charge in [0.25, 0.3) is 5.91 Å². The molecule has 1 amide bonds. The fourth-order valence-electron chi connectivity index (χ4n) is 3.01. The molecular formula is C19H26N6O2. The Balaban J connectivity index is 1.88. The molecule has 0 fully saturated rings. The first-order chi connectivity index (χ1) is 13.0. The van der Waals surface area contributed by atoms with Gasteiger partial charge in [-0.2, -0.15) is 0 Å². The summed E-state index contributed by atoms with van der Waals surface area (Å²) in [5.41, 5.74) is 3.71. The summed E-state index contributed by atoms with van der Waals surface area (Å²) in [4.78, 5) is 21.4. The monoisotopic (exact) mass is 370 g/mol. The molecule has 0 aromatic carbocycles. The first-order valence-corrected chi connectivity index (χ1v) is 9.19. The number of fused-ring (bicyclic) bond motifs is 1. The van der Waals surface area contributed by atoms with Gasteiger partial charge in [-0.05, 0) is 32.5 Å². The summed E-state index contributed by atoms with van der Waals surface area (Å²) in [6.07, 6.45) is 3.96. The van der Waals surface area contributed by atoms with E-state index in [1.54, 1.807) is 4.90 Å². The van der Waals surface area contributed by atoms with Crippen LogP contribution in [0.25, 0.3) is 5.65 Å². The number of hydrogen-bond donors (Lipinski definition) is 0. The highest BCUT2D eigenvalue weighted by molar-refractivity contribution is 5.94. The van der Waals surface area contributed by atoms with E-state index in [-0.39, 0.29) is 5.91 Å². The van der Waals surface area contributed by atoms with E-state index in [4.69, 9.17) is 4.63 Å². The van der Waals surface area contributed by atoms with Crippen LogP contribution in [0, 0.1) is 6.92 Å². The van der Waals surface area contributed by atoms with Gasteiger partial charge in [0.2, 0.25) is 0 Å². The maximum Gasteiger partial charge on any atom is 0.274 e. The first-order valence-electron chi connectivity index (χ1n) is 9.19. The molecule has 0 saturated carbocycles. The average Bonchev–Trinajstić information content (AvgIpc) is 3.23. The third-order valence-electron chi connectivity index (χ3n) is 4.61. The molecule has 0 bridgehead atoms. The van der Waals surface area contributed by atoms with Gasteiger partial charge in [0, 0.05) is 32.9 Å². The van der Waals surface area contributed by atoms with Crippen molar-refractivity contribution in [3.8, 4) is 0 Å². The fraction of sp³-hybridized carbons (Fsp3) is 0.474. The molecule has 0 aliphatic heterocycles. The number of rotatable bonds is 8. The highest BCUT2D eigenvalue weighted by Gasteiger charge is 2.23. The van der Waals surface area contributed by atoms with Gasteiger partial charge in [-0.25, -0.2) is 9.61 Å². The van der Waals surface area contributed by atoms with Crippen molar-refractivity contribution in [2.24, 2.45) is 0 Å². The second-order valence-electron chi connectivity index (χ2n) is 6.88. The second-order valence-corrected chi connectivity index (χ2v) is 6.88. The van der Waals surface area contributed by atoms with E-state index < -0.39 is 0 Å². The van der Waals surface area contributed by atoms with Crippen molar-refractivity contribution in [3.05, 3.63) is 47.2 Å².